The maximum atomic E-state index is 12.5. The molecule has 0 aliphatic carbocycles. The van der Waals surface area contributed by atoms with Gasteiger partial charge in [0, 0.05) is 12.8 Å². The fourth-order valence-electron chi connectivity index (χ4n) is 3.42. The minimum absolute atomic E-state index is 0.0163. The summed E-state index contributed by atoms with van der Waals surface area (Å²) in [6.07, 6.45) is -0.638. The van der Waals surface area contributed by atoms with Crippen LogP contribution in [0.3, 0.4) is 0 Å². The lowest BCUT2D eigenvalue weighted by Crippen LogP contribution is -2.51. The quantitative estimate of drug-likeness (QED) is 0.273. The van der Waals surface area contributed by atoms with Gasteiger partial charge in [-0.25, -0.2) is 0 Å². The van der Waals surface area contributed by atoms with Crippen LogP contribution in [0.15, 0.2) is 42.5 Å². The van der Waals surface area contributed by atoms with Crippen molar-refractivity contribution in [3.8, 4) is 0 Å². The number of amides is 3. The van der Waals surface area contributed by atoms with Gasteiger partial charge in [-0.05, 0) is 29.7 Å². The number of nitrogens with two attached hydrogens (primary N) is 1. The van der Waals surface area contributed by atoms with Gasteiger partial charge in [0.2, 0.25) is 17.7 Å². The standard InChI is InChI=1S/C25H29N3O8/c1-15(27-22(31)11-5-10-21(26)30)25(35)28-19(13-23(32)33)20(29)14-36-24(34)12-17-8-4-7-16-6-2-3-9-18(16)17/h2-4,6-9,15,19H,5,10-14H2,1H3,(H2,26,30)(H,27,31)(H,28,35)(H,32,33). The zero-order chi connectivity index (χ0) is 26.7. The van der Waals surface area contributed by atoms with Crippen LogP contribution in [0.4, 0.5) is 0 Å². The highest BCUT2D eigenvalue weighted by Gasteiger charge is 2.27. The molecule has 0 radical (unpaired) electrons. The second-order valence-corrected chi connectivity index (χ2v) is 8.21. The number of aliphatic carboxylic acids is 1. The van der Waals surface area contributed by atoms with E-state index >= 15 is 0 Å². The molecule has 2 unspecified atom stereocenters. The van der Waals surface area contributed by atoms with Gasteiger partial charge in [-0.15, -0.1) is 0 Å². The van der Waals surface area contributed by atoms with Crippen LogP contribution in [0, 0.1) is 0 Å². The first-order chi connectivity index (χ1) is 17.1. The lowest BCUT2D eigenvalue weighted by molar-refractivity contribution is -0.148. The van der Waals surface area contributed by atoms with E-state index in [0.29, 0.717) is 5.56 Å². The second kappa shape index (κ2) is 13.6. The molecule has 36 heavy (non-hydrogen) atoms. The first kappa shape index (κ1) is 28.0. The lowest BCUT2D eigenvalue weighted by Gasteiger charge is -2.19. The van der Waals surface area contributed by atoms with Crippen molar-refractivity contribution in [2.75, 3.05) is 6.61 Å². The molecule has 2 aromatic rings. The Bertz CT molecular complexity index is 1140. The average Bonchev–Trinajstić information content (AvgIpc) is 2.81. The van der Waals surface area contributed by atoms with E-state index in [-0.39, 0.29) is 25.7 Å². The van der Waals surface area contributed by atoms with Crippen molar-refractivity contribution in [2.45, 2.75) is 51.1 Å². The van der Waals surface area contributed by atoms with Gasteiger partial charge in [-0.2, -0.15) is 0 Å². The zero-order valence-electron chi connectivity index (χ0n) is 19.8. The predicted octanol–water partition coefficient (Wildman–Crippen LogP) is 0.614. The summed E-state index contributed by atoms with van der Waals surface area (Å²) in [4.78, 5) is 71.1. The summed E-state index contributed by atoms with van der Waals surface area (Å²) < 4.78 is 5.05. The third-order valence-electron chi connectivity index (χ3n) is 5.27. The number of primary amides is 1. The highest BCUT2D eigenvalue weighted by Crippen LogP contribution is 2.19. The first-order valence-corrected chi connectivity index (χ1v) is 11.3. The number of esters is 1. The van der Waals surface area contributed by atoms with Gasteiger partial charge < -0.3 is 26.2 Å². The van der Waals surface area contributed by atoms with Crippen molar-refractivity contribution >= 4 is 46.2 Å². The summed E-state index contributed by atoms with van der Waals surface area (Å²) in [6, 6.07) is 10.4. The Morgan fingerprint density at radius 1 is 0.972 bits per heavy atom. The van der Waals surface area contributed by atoms with Crippen molar-refractivity contribution in [1.82, 2.24) is 10.6 Å². The Balaban J connectivity index is 1.91. The number of rotatable bonds is 14. The number of carboxylic acid groups (broad SMARTS) is 1. The summed E-state index contributed by atoms with van der Waals surface area (Å²) in [5.74, 6) is -4.70. The van der Waals surface area contributed by atoms with Crippen molar-refractivity contribution in [3.63, 3.8) is 0 Å². The van der Waals surface area contributed by atoms with E-state index in [1.54, 1.807) is 12.1 Å². The molecule has 5 N–H and O–H groups in total. The molecule has 0 spiro atoms. The zero-order valence-corrected chi connectivity index (χ0v) is 19.8. The molecule has 11 nitrogen and oxygen atoms in total. The van der Waals surface area contributed by atoms with Crippen LogP contribution in [0.25, 0.3) is 10.8 Å². The Morgan fingerprint density at radius 2 is 1.67 bits per heavy atom. The number of hydrogen-bond donors (Lipinski definition) is 4. The van der Waals surface area contributed by atoms with E-state index in [9.17, 15) is 28.8 Å². The van der Waals surface area contributed by atoms with Crippen LogP contribution < -0.4 is 16.4 Å². The number of fused-ring (bicyclic) bond motifs is 1. The summed E-state index contributed by atoms with van der Waals surface area (Å²) in [5.41, 5.74) is 5.72. The molecule has 0 heterocycles. The maximum absolute atomic E-state index is 12.5. The van der Waals surface area contributed by atoms with Crippen LogP contribution in [0.2, 0.25) is 0 Å². The van der Waals surface area contributed by atoms with Gasteiger partial charge in [-0.3, -0.25) is 28.8 Å². The third kappa shape index (κ3) is 9.16. The van der Waals surface area contributed by atoms with E-state index in [4.69, 9.17) is 15.6 Å². The van der Waals surface area contributed by atoms with Gasteiger partial charge >= 0.3 is 11.9 Å². The van der Waals surface area contributed by atoms with Crippen molar-refractivity contribution < 1.29 is 38.6 Å². The normalized spacial score (nSPS) is 12.2. The van der Waals surface area contributed by atoms with Crippen molar-refractivity contribution in [1.29, 1.82) is 0 Å². The number of ether oxygens (including phenoxy) is 1. The summed E-state index contributed by atoms with van der Waals surface area (Å²) in [7, 11) is 0. The van der Waals surface area contributed by atoms with E-state index in [2.05, 4.69) is 10.6 Å². The molecule has 2 rings (SSSR count). The predicted molar refractivity (Wildman–Crippen MR) is 128 cm³/mol. The number of ketones is 1. The van der Waals surface area contributed by atoms with Crippen LogP contribution >= 0.6 is 0 Å². The highest BCUT2D eigenvalue weighted by atomic mass is 16.5. The molecule has 2 atom stereocenters. The minimum atomic E-state index is -1.46. The van der Waals surface area contributed by atoms with Crippen molar-refractivity contribution in [2.24, 2.45) is 5.73 Å². The molecular formula is C25H29N3O8. The Kier molecular flexibility index (Phi) is 10.5. The third-order valence-corrected chi connectivity index (χ3v) is 5.27. The average molecular weight is 500 g/mol. The summed E-state index contributed by atoms with van der Waals surface area (Å²) >= 11 is 0. The number of benzene rings is 2. The van der Waals surface area contributed by atoms with Crippen LogP contribution in [0.5, 0.6) is 0 Å². The molecule has 2 aromatic carbocycles. The topological polar surface area (TPSA) is 182 Å². The number of carbonyl (C=O) groups excluding carboxylic acids is 5. The highest BCUT2D eigenvalue weighted by molar-refractivity contribution is 5.96. The Hall–Kier alpha value is -4.28. The molecule has 0 aliphatic heterocycles. The summed E-state index contributed by atoms with van der Waals surface area (Å²) in [5, 5.41) is 15.6. The summed E-state index contributed by atoms with van der Waals surface area (Å²) in [6.45, 7) is 0.628. The van der Waals surface area contributed by atoms with E-state index < -0.39 is 60.6 Å². The van der Waals surface area contributed by atoms with Crippen LogP contribution in [-0.4, -0.2) is 59.2 Å². The lowest BCUT2D eigenvalue weighted by atomic mass is 10.0. The fraction of sp³-hybridized carbons (Fsp3) is 0.360. The molecule has 0 saturated heterocycles. The monoisotopic (exact) mass is 499 g/mol. The largest absolute Gasteiger partial charge is 0.481 e. The number of hydrogen-bond acceptors (Lipinski definition) is 7. The van der Waals surface area contributed by atoms with Crippen LogP contribution in [-0.2, 0) is 39.9 Å². The molecule has 0 aliphatic rings. The molecule has 11 heteroatoms. The first-order valence-electron chi connectivity index (χ1n) is 11.3. The molecule has 0 fully saturated rings. The van der Waals surface area contributed by atoms with Gasteiger partial charge in [0.05, 0.1) is 12.8 Å². The maximum Gasteiger partial charge on any atom is 0.310 e. The van der Waals surface area contributed by atoms with E-state index in [1.807, 2.05) is 30.3 Å². The number of nitrogens with one attached hydrogen (secondary N) is 2. The molecule has 192 valence electrons. The van der Waals surface area contributed by atoms with Gasteiger partial charge in [0.1, 0.15) is 12.1 Å². The SMILES string of the molecule is CC(NC(=O)CCCC(N)=O)C(=O)NC(CC(=O)O)C(=O)COC(=O)Cc1cccc2ccccc12. The minimum Gasteiger partial charge on any atom is -0.481 e. The van der Waals surface area contributed by atoms with Crippen molar-refractivity contribution in [3.05, 3.63) is 48.0 Å². The Labute approximate surface area is 207 Å². The number of carboxylic acids is 1. The smallest absolute Gasteiger partial charge is 0.310 e. The van der Waals surface area contributed by atoms with E-state index in [0.717, 1.165) is 10.8 Å². The second-order valence-electron chi connectivity index (χ2n) is 8.21. The van der Waals surface area contributed by atoms with Gasteiger partial charge in [0.25, 0.3) is 0 Å². The number of Topliss-reactive ketones (excluding diaryl/α,β-unsaturated/α-hetero) is 1. The Morgan fingerprint density at radius 3 is 2.36 bits per heavy atom. The number of carbonyl (C=O) groups is 6. The van der Waals surface area contributed by atoms with Crippen LogP contribution in [0.1, 0.15) is 38.2 Å². The molecule has 0 bridgehead atoms. The van der Waals surface area contributed by atoms with E-state index in [1.165, 1.54) is 6.92 Å². The molecule has 0 aromatic heterocycles. The fourth-order valence-corrected chi connectivity index (χ4v) is 3.42. The molecule has 3 amide bonds. The molecular weight excluding hydrogens is 470 g/mol. The van der Waals surface area contributed by atoms with Gasteiger partial charge in [0.15, 0.2) is 12.4 Å². The molecule has 0 saturated carbocycles. The van der Waals surface area contributed by atoms with Gasteiger partial charge in [-0.1, -0.05) is 42.5 Å².